The Balaban J connectivity index is 1.51. The normalized spacial score (nSPS) is 11.2. The summed E-state index contributed by atoms with van der Waals surface area (Å²) >= 11 is 13.5. The summed E-state index contributed by atoms with van der Waals surface area (Å²) in [6.07, 6.45) is 1.59. The van der Waals surface area contributed by atoms with E-state index in [0.29, 0.717) is 28.1 Å². The maximum absolute atomic E-state index is 12.1. The van der Waals surface area contributed by atoms with Gasteiger partial charge >= 0.3 is 0 Å². The third kappa shape index (κ3) is 6.07. The molecule has 0 bridgehead atoms. The average molecular weight is 447 g/mol. The van der Waals surface area contributed by atoms with E-state index in [1.807, 2.05) is 41.8 Å². The Morgan fingerprint density at radius 1 is 1.14 bits per heavy atom. The fourth-order valence-corrected chi connectivity index (χ4v) is 3.68. The first-order valence-electron chi connectivity index (χ1n) is 9.01. The SMILES string of the molecule is CC(C)c1cc(C(=O)NN=Cc2ccc(OCc3ccc(Cl)c(Cl)c3)cc2)cs1. The molecule has 3 rings (SSSR count). The Morgan fingerprint density at radius 3 is 2.55 bits per heavy atom. The van der Waals surface area contributed by atoms with Gasteiger partial charge in [-0.05, 0) is 59.5 Å². The predicted octanol–water partition coefficient (Wildman–Crippen LogP) is 6.52. The molecule has 7 heteroatoms. The van der Waals surface area contributed by atoms with Crippen molar-refractivity contribution in [2.75, 3.05) is 0 Å². The predicted molar refractivity (Wildman–Crippen MR) is 121 cm³/mol. The van der Waals surface area contributed by atoms with Crippen LogP contribution in [0.25, 0.3) is 0 Å². The molecule has 0 radical (unpaired) electrons. The number of carbonyl (C=O) groups excluding carboxylic acids is 1. The number of nitrogens with zero attached hydrogens (tertiary/aromatic N) is 1. The topological polar surface area (TPSA) is 50.7 Å². The van der Waals surface area contributed by atoms with Crippen LogP contribution in [0.15, 0.2) is 59.0 Å². The van der Waals surface area contributed by atoms with Crippen molar-refractivity contribution in [2.24, 2.45) is 5.10 Å². The van der Waals surface area contributed by atoms with Gasteiger partial charge in [-0.15, -0.1) is 11.3 Å². The summed E-state index contributed by atoms with van der Waals surface area (Å²) in [5, 5.41) is 6.90. The number of carbonyl (C=O) groups is 1. The van der Waals surface area contributed by atoms with Gasteiger partial charge in [0, 0.05) is 10.3 Å². The van der Waals surface area contributed by atoms with Crippen molar-refractivity contribution in [3.05, 3.63) is 85.5 Å². The van der Waals surface area contributed by atoms with E-state index in [1.54, 1.807) is 29.7 Å². The summed E-state index contributed by atoms with van der Waals surface area (Å²) < 4.78 is 5.75. The molecular formula is C22H20Cl2N2O2S. The van der Waals surface area contributed by atoms with Gasteiger partial charge in [-0.3, -0.25) is 4.79 Å². The van der Waals surface area contributed by atoms with E-state index >= 15 is 0 Å². The number of hydrogen-bond donors (Lipinski definition) is 1. The summed E-state index contributed by atoms with van der Waals surface area (Å²) in [4.78, 5) is 13.3. The van der Waals surface area contributed by atoms with Crippen molar-refractivity contribution in [1.82, 2.24) is 5.43 Å². The van der Waals surface area contributed by atoms with Crippen LogP contribution < -0.4 is 10.2 Å². The lowest BCUT2D eigenvalue weighted by Crippen LogP contribution is -2.16. The number of thiophene rings is 1. The smallest absolute Gasteiger partial charge is 0.272 e. The maximum Gasteiger partial charge on any atom is 0.272 e. The molecular weight excluding hydrogens is 427 g/mol. The quantitative estimate of drug-likeness (QED) is 0.331. The van der Waals surface area contributed by atoms with E-state index in [0.717, 1.165) is 16.9 Å². The molecule has 0 atom stereocenters. The van der Waals surface area contributed by atoms with Gasteiger partial charge in [-0.1, -0.05) is 43.1 Å². The third-order valence-electron chi connectivity index (χ3n) is 4.10. The highest BCUT2D eigenvalue weighted by atomic mass is 35.5. The number of nitrogens with one attached hydrogen (secondary N) is 1. The maximum atomic E-state index is 12.1. The lowest BCUT2D eigenvalue weighted by molar-refractivity contribution is 0.0955. The molecule has 0 aliphatic heterocycles. The highest BCUT2D eigenvalue weighted by Crippen LogP contribution is 2.24. The molecule has 1 heterocycles. The summed E-state index contributed by atoms with van der Waals surface area (Å²) in [5.41, 5.74) is 4.96. The number of amides is 1. The lowest BCUT2D eigenvalue weighted by Gasteiger charge is -2.07. The minimum atomic E-state index is -0.217. The second kappa shape index (κ2) is 9.92. The zero-order valence-corrected chi connectivity index (χ0v) is 18.3. The van der Waals surface area contributed by atoms with Gasteiger partial charge in [0.1, 0.15) is 12.4 Å². The number of halogens is 2. The summed E-state index contributed by atoms with van der Waals surface area (Å²) in [6.45, 7) is 4.59. The monoisotopic (exact) mass is 446 g/mol. The molecule has 1 amide bonds. The van der Waals surface area contributed by atoms with Crippen LogP contribution >= 0.6 is 34.5 Å². The second-order valence-electron chi connectivity index (χ2n) is 6.70. The van der Waals surface area contributed by atoms with Crippen molar-refractivity contribution in [1.29, 1.82) is 0 Å². The first kappa shape index (κ1) is 21.4. The zero-order valence-electron chi connectivity index (χ0n) is 16.0. The van der Waals surface area contributed by atoms with Gasteiger partial charge in [-0.2, -0.15) is 5.10 Å². The van der Waals surface area contributed by atoms with E-state index in [4.69, 9.17) is 27.9 Å². The minimum Gasteiger partial charge on any atom is -0.489 e. The van der Waals surface area contributed by atoms with E-state index in [2.05, 4.69) is 24.4 Å². The number of rotatable bonds is 7. The van der Waals surface area contributed by atoms with E-state index in [1.165, 1.54) is 4.88 Å². The van der Waals surface area contributed by atoms with Crippen molar-refractivity contribution in [3.63, 3.8) is 0 Å². The molecule has 0 saturated heterocycles. The fourth-order valence-electron chi connectivity index (χ4n) is 2.45. The van der Waals surface area contributed by atoms with Crippen LogP contribution in [0, 0.1) is 0 Å². The number of ether oxygens (including phenoxy) is 1. The Labute approximate surface area is 184 Å². The Hall–Kier alpha value is -2.34. The van der Waals surface area contributed by atoms with Gasteiger partial charge in [0.15, 0.2) is 0 Å². The van der Waals surface area contributed by atoms with Crippen molar-refractivity contribution in [2.45, 2.75) is 26.4 Å². The first-order valence-corrected chi connectivity index (χ1v) is 10.6. The molecule has 4 nitrogen and oxygen atoms in total. The first-order chi connectivity index (χ1) is 13.9. The highest BCUT2D eigenvalue weighted by molar-refractivity contribution is 7.10. The lowest BCUT2D eigenvalue weighted by atomic mass is 10.1. The van der Waals surface area contributed by atoms with Crippen molar-refractivity contribution in [3.8, 4) is 5.75 Å². The molecule has 0 unspecified atom stereocenters. The van der Waals surface area contributed by atoms with Crippen LogP contribution in [0.5, 0.6) is 5.75 Å². The van der Waals surface area contributed by atoms with Crippen LogP contribution in [0.4, 0.5) is 0 Å². The average Bonchev–Trinajstić information content (AvgIpc) is 3.20. The number of hydrazone groups is 1. The van der Waals surface area contributed by atoms with Gasteiger partial charge in [-0.25, -0.2) is 5.43 Å². The van der Waals surface area contributed by atoms with E-state index in [-0.39, 0.29) is 5.91 Å². The molecule has 0 saturated carbocycles. The number of benzene rings is 2. The van der Waals surface area contributed by atoms with Crippen LogP contribution in [-0.4, -0.2) is 12.1 Å². The fraction of sp³-hybridized carbons (Fsp3) is 0.182. The molecule has 2 aromatic carbocycles. The molecule has 150 valence electrons. The van der Waals surface area contributed by atoms with Crippen LogP contribution in [0.2, 0.25) is 10.0 Å². The molecule has 29 heavy (non-hydrogen) atoms. The Bertz CT molecular complexity index is 1010. The van der Waals surface area contributed by atoms with E-state index in [9.17, 15) is 4.79 Å². The largest absolute Gasteiger partial charge is 0.489 e. The van der Waals surface area contributed by atoms with Crippen LogP contribution in [0.3, 0.4) is 0 Å². The standard InChI is InChI=1S/C22H20Cl2N2O2S/c1-14(2)21-10-17(13-29-21)22(27)26-25-11-15-3-6-18(7-4-15)28-12-16-5-8-19(23)20(24)9-16/h3-11,13-14H,12H2,1-2H3,(H,26,27). The van der Waals surface area contributed by atoms with Crippen molar-refractivity contribution < 1.29 is 9.53 Å². The summed E-state index contributed by atoms with van der Waals surface area (Å²) in [6, 6.07) is 14.7. The van der Waals surface area contributed by atoms with Crippen LogP contribution in [-0.2, 0) is 6.61 Å². The molecule has 0 aliphatic carbocycles. The van der Waals surface area contributed by atoms with Crippen LogP contribution in [0.1, 0.15) is 46.1 Å². The second-order valence-corrected chi connectivity index (χ2v) is 8.45. The van der Waals surface area contributed by atoms with E-state index < -0.39 is 0 Å². The van der Waals surface area contributed by atoms with Gasteiger partial charge < -0.3 is 4.74 Å². The Kier molecular flexibility index (Phi) is 7.31. The highest BCUT2D eigenvalue weighted by Gasteiger charge is 2.09. The summed E-state index contributed by atoms with van der Waals surface area (Å²) in [5.74, 6) is 0.908. The molecule has 0 fully saturated rings. The molecule has 3 aromatic rings. The van der Waals surface area contributed by atoms with Gasteiger partial charge in [0.25, 0.3) is 5.91 Å². The number of hydrogen-bond acceptors (Lipinski definition) is 4. The van der Waals surface area contributed by atoms with Crippen molar-refractivity contribution >= 4 is 46.7 Å². The van der Waals surface area contributed by atoms with Gasteiger partial charge in [0.05, 0.1) is 21.8 Å². The Morgan fingerprint density at radius 2 is 1.90 bits per heavy atom. The third-order valence-corrected chi connectivity index (χ3v) is 6.07. The molecule has 0 spiro atoms. The molecule has 0 aliphatic rings. The zero-order chi connectivity index (χ0) is 20.8. The minimum absolute atomic E-state index is 0.217. The molecule has 1 aromatic heterocycles. The van der Waals surface area contributed by atoms with Gasteiger partial charge in [0.2, 0.25) is 0 Å². The molecule has 1 N–H and O–H groups in total. The summed E-state index contributed by atoms with van der Waals surface area (Å²) in [7, 11) is 0.